The number of pyridine rings is 4. The molecular weight excluding hydrogens is 929 g/mol. The van der Waals surface area contributed by atoms with Gasteiger partial charge in [0.15, 0.2) is 0 Å². The summed E-state index contributed by atoms with van der Waals surface area (Å²) >= 11 is 0. The monoisotopic (exact) mass is 978 g/mol. The fourth-order valence-electron chi connectivity index (χ4n) is 7.72. The van der Waals surface area contributed by atoms with Gasteiger partial charge in [0.2, 0.25) is 0 Å². The first-order chi connectivity index (χ1) is 32.8. The van der Waals surface area contributed by atoms with Gasteiger partial charge in [0.25, 0.3) is 0 Å². The number of hydrogen-bond donors (Lipinski definition) is 0. The van der Waals surface area contributed by atoms with Crippen LogP contribution in [-0.4, -0.2) is 19.9 Å². The van der Waals surface area contributed by atoms with E-state index in [1.807, 2.05) is 60.7 Å². The molecule has 0 unspecified atom stereocenters. The molecule has 0 amide bonds. The summed E-state index contributed by atoms with van der Waals surface area (Å²) in [6.07, 6.45) is 5.75. The first-order valence-electron chi connectivity index (χ1n) is 22.7. The zero-order chi connectivity index (χ0) is 48.3. The SMILES string of the molecule is CCCCC.CCCCC.FC(F)(F)c1cc([N-]c2cccc3cccnc23)c2ncc3ccccc3c2c1.FC(F)(F)c1cc([N-]c2cccc3cccnc23)c2ncc3ccccc3c2c1.[Ni+2]. The molecule has 69 heavy (non-hydrogen) atoms. The zero-order valence-electron chi connectivity index (χ0n) is 38.5. The molecule has 10 aromatic rings. The second-order valence-corrected chi connectivity index (χ2v) is 16.1. The van der Waals surface area contributed by atoms with Crippen LogP contribution < -0.4 is 0 Å². The van der Waals surface area contributed by atoms with Crippen LogP contribution >= 0.6 is 0 Å². The Morgan fingerprint density at radius 1 is 0.377 bits per heavy atom. The summed E-state index contributed by atoms with van der Waals surface area (Å²) in [7, 11) is 0. The molecule has 0 aliphatic rings. The summed E-state index contributed by atoms with van der Waals surface area (Å²) in [5, 5.41) is 14.6. The Kier molecular flexibility index (Phi) is 17.5. The van der Waals surface area contributed by atoms with Gasteiger partial charge in [-0.2, -0.15) is 26.3 Å². The minimum Gasteiger partial charge on any atom is -0.654 e. The largest absolute Gasteiger partial charge is 2.00 e. The molecule has 0 bridgehead atoms. The topological polar surface area (TPSA) is 79.8 Å². The predicted molar refractivity (Wildman–Crippen MR) is 268 cm³/mol. The van der Waals surface area contributed by atoms with Crippen molar-refractivity contribution in [2.45, 2.75) is 78.6 Å². The number of unbranched alkanes of at least 4 members (excludes halogenated alkanes) is 4. The number of hydrogen-bond acceptors (Lipinski definition) is 4. The summed E-state index contributed by atoms with van der Waals surface area (Å²) in [6.45, 7) is 8.85. The molecule has 0 saturated carbocycles. The van der Waals surface area contributed by atoms with Crippen LogP contribution in [0.25, 0.3) is 75.8 Å². The standard InChI is InChI=1S/2C23H13F3N3.2C5H12.Ni/c2*24-23(25,26)16-11-18-17-8-2-1-5-15(17)13-28-22(18)20(12-16)29-19-9-3-6-14-7-4-10-27-21(14)19;2*1-3-5-4-2;/h2*1-13H;2*3-5H2,1-2H3;/q2*-1;;;+2. The van der Waals surface area contributed by atoms with E-state index in [2.05, 4.69) is 58.3 Å². The van der Waals surface area contributed by atoms with Gasteiger partial charge < -0.3 is 10.6 Å². The van der Waals surface area contributed by atoms with Crippen molar-refractivity contribution in [2.75, 3.05) is 0 Å². The molecule has 6 aromatic carbocycles. The molecular formula is C56H50F6N6Ni. The average molecular weight is 980 g/mol. The molecule has 0 aliphatic carbocycles. The maximum atomic E-state index is 13.6. The smallest absolute Gasteiger partial charge is 0.654 e. The van der Waals surface area contributed by atoms with Crippen LogP contribution in [0.5, 0.6) is 0 Å². The molecule has 0 atom stereocenters. The first kappa shape index (κ1) is 51.5. The predicted octanol–water partition coefficient (Wildman–Crippen LogP) is 19.0. The van der Waals surface area contributed by atoms with Crippen molar-refractivity contribution in [3.05, 3.63) is 180 Å². The molecule has 10 rings (SSSR count). The summed E-state index contributed by atoms with van der Waals surface area (Å²) in [4.78, 5) is 17.5. The minimum absolute atomic E-state index is 0. The van der Waals surface area contributed by atoms with Crippen molar-refractivity contribution in [3.8, 4) is 0 Å². The average Bonchev–Trinajstić information content (AvgIpc) is 3.34. The van der Waals surface area contributed by atoms with E-state index in [1.54, 1.807) is 73.3 Å². The van der Waals surface area contributed by atoms with Gasteiger partial charge in [0.1, 0.15) is 0 Å². The number of aromatic nitrogens is 4. The van der Waals surface area contributed by atoms with Crippen molar-refractivity contribution >= 4 is 87.9 Å². The van der Waals surface area contributed by atoms with Crippen molar-refractivity contribution in [3.63, 3.8) is 0 Å². The van der Waals surface area contributed by atoms with Gasteiger partial charge in [-0.1, -0.05) is 175 Å². The second kappa shape index (κ2) is 23.4. The van der Waals surface area contributed by atoms with E-state index >= 15 is 0 Å². The van der Waals surface area contributed by atoms with Crippen molar-refractivity contribution in [1.29, 1.82) is 0 Å². The number of fused-ring (bicyclic) bond motifs is 8. The molecule has 0 fully saturated rings. The number of benzene rings is 6. The first-order valence-corrected chi connectivity index (χ1v) is 22.7. The Balaban J connectivity index is 0.000000188. The van der Waals surface area contributed by atoms with Crippen LogP contribution in [0.4, 0.5) is 49.1 Å². The second-order valence-electron chi connectivity index (χ2n) is 16.1. The number of nitrogens with zero attached hydrogens (tertiary/aromatic N) is 6. The maximum Gasteiger partial charge on any atom is 2.00 e. The van der Waals surface area contributed by atoms with Gasteiger partial charge in [0.05, 0.1) is 33.2 Å². The Labute approximate surface area is 407 Å². The summed E-state index contributed by atoms with van der Waals surface area (Å²) in [6, 6.07) is 37.1. The van der Waals surface area contributed by atoms with E-state index in [1.165, 1.54) is 38.5 Å². The van der Waals surface area contributed by atoms with Gasteiger partial charge in [-0.05, 0) is 45.8 Å². The van der Waals surface area contributed by atoms with Crippen LogP contribution in [0.15, 0.2) is 158 Å². The van der Waals surface area contributed by atoms with Gasteiger partial charge in [-0.15, -0.1) is 22.7 Å². The normalized spacial score (nSPS) is 11.3. The third-order valence-electron chi connectivity index (χ3n) is 11.1. The fraction of sp³-hybridized carbons (Fsp3) is 0.214. The summed E-state index contributed by atoms with van der Waals surface area (Å²) in [5.74, 6) is 0. The van der Waals surface area contributed by atoms with Crippen LogP contribution in [0, 0.1) is 0 Å². The quantitative estimate of drug-likeness (QED) is 0.0863. The molecule has 13 heteroatoms. The third kappa shape index (κ3) is 12.4. The fourth-order valence-corrected chi connectivity index (χ4v) is 7.72. The summed E-state index contributed by atoms with van der Waals surface area (Å²) < 4.78 is 81.7. The van der Waals surface area contributed by atoms with E-state index in [0.717, 1.165) is 45.8 Å². The molecule has 0 N–H and O–H groups in total. The van der Waals surface area contributed by atoms with E-state index in [4.69, 9.17) is 0 Å². The minimum atomic E-state index is -4.49. The van der Waals surface area contributed by atoms with Gasteiger partial charge in [0, 0.05) is 46.3 Å². The Hall–Kier alpha value is -6.85. The van der Waals surface area contributed by atoms with Gasteiger partial charge >= 0.3 is 28.8 Å². The molecule has 4 aromatic heterocycles. The van der Waals surface area contributed by atoms with Crippen LogP contribution in [0.1, 0.15) is 77.3 Å². The Morgan fingerprint density at radius 3 is 1.10 bits per heavy atom. The number of halogens is 6. The maximum absolute atomic E-state index is 13.6. The Bertz CT molecular complexity index is 3070. The third-order valence-corrected chi connectivity index (χ3v) is 11.1. The van der Waals surface area contributed by atoms with E-state index < -0.39 is 23.5 Å². The molecule has 0 aliphatic heterocycles. The van der Waals surface area contributed by atoms with Gasteiger partial charge in [-0.3, -0.25) is 19.9 Å². The number of alkyl halides is 6. The molecule has 6 nitrogen and oxygen atoms in total. The van der Waals surface area contributed by atoms with Crippen molar-refractivity contribution in [2.24, 2.45) is 0 Å². The molecule has 4 heterocycles. The zero-order valence-corrected chi connectivity index (χ0v) is 39.5. The number of para-hydroxylation sites is 2. The molecule has 356 valence electrons. The van der Waals surface area contributed by atoms with Crippen molar-refractivity contribution in [1.82, 2.24) is 19.9 Å². The van der Waals surface area contributed by atoms with Crippen molar-refractivity contribution < 1.29 is 42.8 Å². The van der Waals surface area contributed by atoms with Crippen LogP contribution in [-0.2, 0) is 28.8 Å². The molecule has 0 saturated heterocycles. The molecule has 0 radical (unpaired) electrons. The van der Waals surface area contributed by atoms with Crippen LogP contribution in [0.2, 0.25) is 0 Å². The Morgan fingerprint density at radius 2 is 0.739 bits per heavy atom. The van der Waals surface area contributed by atoms with E-state index in [0.29, 0.717) is 55.0 Å². The van der Waals surface area contributed by atoms with E-state index in [9.17, 15) is 26.3 Å². The van der Waals surface area contributed by atoms with Crippen LogP contribution in [0.3, 0.4) is 0 Å². The molecule has 0 spiro atoms. The van der Waals surface area contributed by atoms with Gasteiger partial charge in [-0.25, -0.2) is 0 Å². The van der Waals surface area contributed by atoms with E-state index in [-0.39, 0.29) is 27.9 Å². The number of rotatable bonds is 8. The summed E-state index contributed by atoms with van der Waals surface area (Å²) in [5.41, 5.74) is 1.91.